The Morgan fingerprint density at radius 1 is 1.25 bits per heavy atom. The van der Waals surface area contributed by atoms with Crippen LogP contribution in [0, 0.1) is 0 Å². The summed E-state index contributed by atoms with van der Waals surface area (Å²) in [6, 6.07) is 5.32. The molecule has 1 atom stereocenters. The summed E-state index contributed by atoms with van der Waals surface area (Å²) in [5.41, 5.74) is 0.403. The lowest BCUT2D eigenvalue weighted by Crippen LogP contribution is -2.56. The van der Waals surface area contributed by atoms with Gasteiger partial charge in [0, 0.05) is 5.69 Å². The molecule has 1 rings (SSSR count). The maximum Gasteiger partial charge on any atom is 0.253 e. The molecule has 0 aromatic heterocycles. The highest BCUT2D eigenvalue weighted by atomic mass is 35.6. The van der Waals surface area contributed by atoms with Gasteiger partial charge in [0.15, 0.2) is 11.8 Å². The molecule has 0 aliphatic heterocycles. The Bertz CT molecular complexity index is 710. The first-order chi connectivity index (χ1) is 10.9. The largest absolute Gasteiger partial charge is 0.339 e. The van der Waals surface area contributed by atoms with Crippen LogP contribution in [0.25, 0.3) is 0 Å². The van der Waals surface area contributed by atoms with E-state index >= 15 is 0 Å². The molecule has 1 unspecified atom stereocenters. The minimum absolute atomic E-state index is 0.0613. The van der Waals surface area contributed by atoms with E-state index < -0.39 is 32.6 Å². The van der Waals surface area contributed by atoms with E-state index in [9.17, 15) is 17.6 Å². The van der Waals surface area contributed by atoms with E-state index in [1.165, 1.54) is 24.3 Å². The fourth-order valence-corrected chi connectivity index (χ4v) is 2.50. The average molecular weight is 438 g/mol. The van der Waals surface area contributed by atoms with Gasteiger partial charge in [0.25, 0.3) is 5.91 Å². The lowest BCUT2D eigenvalue weighted by Gasteiger charge is -2.27. The van der Waals surface area contributed by atoms with Crippen molar-refractivity contribution in [3.05, 3.63) is 24.3 Å². The number of amides is 1. The molecular weight excluding hydrogens is 426 g/mol. The summed E-state index contributed by atoms with van der Waals surface area (Å²) < 4.78 is 32.6. The normalized spacial score (nSPS) is 13.0. The lowest BCUT2D eigenvalue weighted by molar-refractivity contribution is -0.122. The molecule has 1 amide bonds. The number of alkyl halides is 4. The van der Waals surface area contributed by atoms with Gasteiger partial charge in [0.05, 0.1) is 4.90 Å². The molecule has 0 saturated carbocycles. The third kappa shape index (κ3) is 6.91. The van der Waals surface area contributed by atoms with Crippen LogP contribution in [0.4, 0.5) is 10.1 Å². The zero-order valence-corrected chi connectivity index (χ0v) is 15.6. The van der Waals surface area contributed by atoms with Gasteiger partial charge in [-0.25, -0.2) is 17.9 Å². The molecule has 0 bridgehead atoms. The first-order valence-electron chi connectivity index (χ1n) is 6.06. The number of rotatable bonds is 5. The van der Waals surface area contributed by atoms with Gasteiger partial charge < -0.3 is 16.0 Å². The van der Waals surface area contributed by atoms with Crippen molar-refractivity contribution in [3.8, 4) is 0 Å². The van der Waals surface area contributed by atoms with Crippen LogP contribution in [0.3, 0.4) is 0 Å². The third-order valence-corrected chi connectivity index (χ3v) is 4.27. The Hall–Kier alpha value is -0.910. The number of anilines is 1. The molecule has 0 heterocycles. The van der Waals surface area contributed by atoms with Gasteiger partial charge in [-0.15, -0.1) is 0 Å². The van der Waals surface area contributed by atoms with Crippen LogP contribution >= 0.6 is 47.0 Å². The summed E-state index contributed by atoms with van der Waals surface area (Å²) >= 11 is 22.0. The number of primary sulfonamides is 1. The molecule has 1 aromatic carbocycles. The molecule has 0 aliphatic carbocycles. The predicted octanol–water partition coefficient (Wildman–Crippen LogP) is 1.40. The smallest absolute Gasteiger partial charge is 0.253 e. The van der Waals surface area contributed by atoms with Crippen LogP contribution in [0.15, 0.2) is 29.2 Å². The Kier molecular flexibility index (Phi) is 7.44. The fraction of sp³-hybridized carbons (Fsp3) is 0.273. The van der Waals surface area contributed by atoms with Crippen LogP contribution in [-0.2, 0) is 14.8 Å². The molecule has 0 radical (unpaired) electrons. The second kappa shape index (κ2) is 8.45. The lowest BCUT2D eigenvalue weighted by atomic mass is 10.3. The molecule has 0 spiro atoms. The maximum absolute atomic E-state index is 12.3. The molecule has 0 saturated heterocycles. The summed E-state index contributed by atoms with van der Waals surface area (Å²) in [6.45, 7) is -1.30. The number of benzene rings is 1. The topological polar surface area (TPSA) is 113 Å². The van der Waals surface area contributed by atoms with Gasteiger partial charge in [-0.1, -0.05) is 34.8 Å². The summed E-state index contributed by atoms with van der Waals surface area (Å²) in [4.78, 5) is 11.0. The van der Waals surface area contributed by atoms with Gasteiger partial charge in [-0.05, 0) is 36.5 Å². The van der Waals surface area contributed by atoms with E-state index in [1.54, 1.807) is 0 Å². The molecule has 134 valence electrons. The second-order valence-corrected chi connectivity index (χ2v) is 8.68. The first-order valence-corrected chi connectivity index (χ1v) is 9.15. The monoisotopic (exact) mass is 436 g/mol. The van der Waals surface area contributed by atoms with E-state index in [4.69, 9.17) is 52.2 Å². The number of hydrogen-bond donors (Lipinski definition) is 4. The fourth-order valence-electron chi connectivity index (χ4n) is 1.43. The van der Waals surface area contributed by atoms with Crippen molar-refractivity contribution in [2.24, 2.45) is 5.14 Å². The summed E-state index contributed by atoms with van der Waals surface area (Å²) in [5.74, 6) is -1.00. The van der Waals surface area contributed by atoms with E-state index in [0.29, 0.717) is 5.69 Å². The average Bonchev–Trinajstić information content (AvgIpc) is 2.45. The van der Waals surface area contributed by atoms with Crippen molar-refractivity contribution in [1.82, 2.24) is 10.6 Å². The Morgan fingerprint density at radius 3 is 2.21 bits per heavy atom. The molecule has 0 fully saturated rings. The number of nitrogens with one attached hydrogen (secondary N) is 3. The van der Waals surface area contributed by atoms with E-state index in [1.807, 2.05) is 0 Å². The molecule has 0 aliphatic rings. The number of halogens is 4. The zero-order valence-electron chi connectivity index (χ0n) is 11.7. The van der Waals surface area contributed by atoms with Crippen LogP contribution in [-0.4, -0.2) is 36.1 Å². The number of nitrogens with two attached hydrogens (primary N) is 1. The van der Waals surface area contributed by atoms with E-state index in [0.717, 1.165) is 0 Å². The van der Waals surface area contributed by atoms with Crippen molar-refractivity contribution in [3.63, 3.8) is 0 Å². The zero-order chi connectivity index (χ0) is 18.5. The second-order valence-electron chi connectivity index (χ2n) is 4.34. The highest BCUT2D eigenvalue weighted by Crippen LogP contribution is 2.29. The summed E-state index contributed by atoms with van der Waals surface area (Å²) in [6.07, 6.45) is -1.30. The maximum atomic E-state index is 12.3. The van der Waals surface area contributed by atoms with E-state index in [2.05, 4.69) is 16.0 Å². The van der Waals surface area contributed by atoms with E-state index in [-0.39, 0.29) is 10.0 Å². The van der Waals surface area contributed by atoms with Gasteiger partial charge in [-0.3, -0.25) is 4.79 Å². The van der Waals surface area contributed by atoms with Crippen LogP contribution in [0.1, 0.15) is 0 Å². The third-order valence-electron chi connectivity index (χ3n) is 2.47. The standard InChI is InChI=1S/C11H12Cl3FN4O3S2/c12-11(13,14)9(18-8(20)5-15)19-10(23)17-6-1-3-7(4-2-6)24(16,21)22/h1-4,9H,5H2,(H,18,20)(H2,16,21,22)(H2,17,19,23). The SMILES string of the molecule is NS(=O)(=O)c1ccc(NC(=S)NC(NC(=O)CF)C(Cl)(Cl)Cl)cc1. The van der Waals surface area contributed by atoms with Crippen LogP contribution in [0.2, 0.25) is 0 Å². The molecule has 24 heavy (non-hydrogen) atoms. The number of sulfonamides is 1. The van der Waals surface area contributed by atoms with Gasteiger partial charge in [0.1, 0.15) is 6.17 Å². The summed E-state index contributed by atoms with van der Waals surface area (Å²) in [5, 5.41) is 12.2. The van der Waals surface area contributed by atoms with Crippen LogP contribution in [0.5, 0.6) is 0 Å². The van der Waals surface area contributed by atoms with Crippen LogP contribution < -0.4 is 21.1 Å². The van der Waals surface area contributed by atoms with Gasteiger partial charge in [0.2, 0.25) is 13.8 Å². The molecule has 5 N–H and O–H groups in total. The van der Waals surface area contributed by atoms with Crippen molar-refractivity contribution in [2.45, 2.75) is 14.9 Å². The minimum Gasteiger partial charge on any atom is -0.339 e. The molecule has 1 aromatic rings. The number of hydrogen-bond acceptors (Lipinski definition) is 4. The van der Waals surface area contributed by atoms with Crippen molar-refractivity contribution in [2.75, 3.05) is 12.0 Å². The quantitative estimate of drug-likeness (QED) is 0.315. The first kappa shape index (κ1) is 21.1. The Balaban J connectivity index is 2.77. The number of carbonyl (C=O) groups is 1. The highest BCUT2D eigenvalue weighted by Gasteiger charge is 2.34. The highest BCUT2D eigenvalue weighted by molar-refractivity contribution is 7.89. The van der Waals surface area contributed by atoms with Gasteiger partial charge >= 0.3 is 0 Å². The molecular formula is C11H12Cl3FN4O3S2. The number of thiocarbonyl (C=S) groups is 1. The van der Waals surface area contributed by atoms with Crippen molar-refractivity contribution < 1.29 is 17.6 Å². The van der Waals surface area contributed by atoms with Crippen molar-refractivity contribution in [1.29, 1.82) is 0 Å². The number of carbonyl (C=O) groups excluding carboxylic acids is 1. The Labute approximate surface area is 158 Å². The summed E-state index contributed by atoms with van der Waals surface area (Å²) in [7, 11) is -3.81. The van der Waals surface area contributed by atoms with Crippen molar-refractivity contribution >= 4 is 73.8 Å². The molecule has 7 nitrogen and oxygen atoms in total. The molecule has 13 heteroatoms. The van der Waals surface area contributed by atoms with Gasteiger partial charge in [-0.2, -0.15) is 0 Å². The Morgan fingerprint density at radius 2 is 1.79 bits per heavy atom. The minimum atomic E-state index is -3.81. The predicted molar refractivity (Wildman–Crippen MR) is 95.4 cm³/mol.